The van der Waals surface area contributed by atoms with Crippen LogP contribution in [0.1, 0.15) is 34.6 Å². The fourth-order valence-corrected chi connectivity index (χ4v) is 1.42. The molecule has 8 heteroatoms. The van der Waals surface area contributed by atoms with Crippen molar-refractivity contribution >= 4 is 11.8 Å². The quantitative estimate of drug-likeness (QED) is 0.673. The number of rotatable bonds is 4. The van der Waals surface area contributed by atoms with Gasteiger partial charge in [-0.2, -0.15) is 5.10 Å². The maximum atomic E-state index is 11.6. The van der Waals surface area contributed by atoms with E-state index in [9.17, 15) is 14.9 Å². The third kappa shape index (κ3) is 4.52. The Morgan fingerprint density at radius 3 is 2.50 bits per heavy atom. The molecule has 1 N–H and O–H groups in total. The first-order chi connectivity index (χ1) is 9.01. The highest BCUT2D eigenvalue weighted by molar-refractivity contribution is 5.67. The number of amides is 1. The zero-order chi connectivity index (χ0) is 15.6. The molecule has 0 aliphatic carbocycles. The van der Waals surface area contributed by atoms with Crippen molar-refractivity contribution < 1.29 is 14.5 Å². The predicted octanol–water partition coefficient (Wildman–Crippen LogP) is 2.05. The molecule has 0 aliphatic heterocycles. The Hall–Kier alpha value is -2.12. The first kappa shape index (κ1) is 15.9. The summed E-state index contributed by atoms with van der Waals surface area (Å²) in [5.41, 5.74) is -1.26. The van der Waals surface area contributed by atoms with E-state index in [0.717, 1.165) is 0 Å². The van der Waals surface area contributed by atoms with Gasteiger partial charge in [-0.25, -0.2) is 4.79 Å². The summed E-state index contributed by atoms with van der Waals surface area (Å²) in [6, 6.07) is 0. The number of carbonyl (C=O) groups is 1. The molecule has 0 spiro atoms. The van der Waals surface area contributed by atoms with Crippen LogP contribution in [0.5, 0.6) is 0 Å². The second-order valence-electron chi connectivity index (χ2n) is 6.07. The molecule has 0 saturated heterocycles. The molecule has 0 aromatic carbocycles. The Morgan fingerprint density at radius 2 is 2.05 bits per heavy atom. The second kappa shape index (κ2) is 5.48. The molecule has 1 aromatic heterocycles. The van der Waals surface area contributed by atoms with Gasteiger partial charge in [0.2, 0.25) is 0 Å². The van der Waals surface area contributed by atoms with Crippen molar-refractivity contribution in [3.05, 3.63) is 22.5 Å². The van der Waals surface area contributed by atoms with Crippen molar-refractivity contribution in [1.82, 2.24) is 15.1 Å². The van der Waals surface area contributed by atoms with Crippen LogP contribution in [0.4, 0.5) is 10.5 Å². The largest absolute Gasteiger partial charge is 0.444 e. The molecule has 0 fully saturated rings. The molecule has 0 aliphatic rings. The van der Waals surface area contributed by atoms with Gasteiger partial charge in [-0.05, 0) is 34.6 Å². The first-order valence-electron chi connectivity index (χ1n) is 6.18. The van der Waals surface area contributed by atoms with E-state index in [1.165, 1.54) is 17.1 Å². The molecule has 20 heavy (non-hydrogen) atoms. The average Bonchev–Trinajstić information content (AvgIpc) is 2.74. The van der Waals surface area contributed by atoms with Crippen LogP contribution in [0.3, 0.4) is 0 Å². The van der Waals surface area contributed by atoms with Crippen molar-refractivity contribution in [2.75, 3.05) is 6.54 Å². The minimum absolute atomic E-state index is 0.0876. The van der Waals surface area contributed by atoms with Crippen LogP contribution in [0.25, 0.3) is 0 Å². The lowest BCUT2D eigenvalue weighted by Crippen LogP contribution is -2.43. The SMILES string of the molecule is CC(C)(C)OC(=O)NCC(C)(C)n1cc([N+](=O)[O-])cn1. The van der Waals surface area contributed by atoms with E-state index in [0.29, 0.717) is 0 Å². The van der Waals surface area contributed by atoms with Crippen molar-refractivity contribution in [1.29, 1.82) is 0 Å². The number of carbonyl (C=O) groups excluding carboxylic acids is 1. The normalized spacial score (nSPS) is 12.1. The Kier molecular flexibility index (Phi) is 4.36. The highest BCUT2D eigenvalue weighted by atomic mass is 16.6. The van der Waals surface area contributed by atoms with Gasteiger partial charge in [0.05, 0.1) is 10.5 Å². The monoisotopic (exact) mass is 284 g/mol. The molecule has 1 aromatic rings. The highest BCUT2D eigenvalue weighted by Gasteiger charge is 2.25. The summed E-state index contributed by atoms with van der Waals surface area (Å²) in [6.07, 6.45) is 1.97. The molecule has 0 radical (unpaired) electrons. The number of aromatic nitrogens is 2. The molecular formula is C12H20N4O4. The second-order valence-corrected chi connectivity index (χ2v) is 6.07. The molecule has 0 atom stereocenters. The number of hydrogen-bond donors (Lipinski definition) is 1. The van der Waals surface area contributed by atoms with E-state index in [1.807, 2.05) is 0 Å². The van der Waals surface area contributed by atoms with Gasteiger partial charge in [0, 0.05) is 6.54 Å². The summed E-state index contributed by atoms with van der Waals surface area (Å²) in [6.45, 7) is 9.17. The Morgan fingerprint density at radius 1 is 1.45 bits per heavy atom. The van der Waals surface area contributed by atoms with Crippen LogP contribution in [-0.4, -0.2) is 32.9 Å². The molecular weight excluding hydrogens is 264 g/mol. The molecule has 1 rings (SSSR count). The lowest BCUT2D eigenvalue weighted by atomic mass is 10.1. The van der Waals surface area contributed by atoms with Gasteiger partial charge in [-0.15, -0.1) is 0 Å². The lowest BCUT2D eigenvalue weighted by Gasteiger charge is -2.26. The summed E-state index contributed by atoms with van der Waals surface area (Å²) in [5.74, 6) is 0. The molecule has 112 valence electrons. The van der Waals surface area contributed by atoms with Crippen molar-refractivity contribution in [3.8, 4) is 0 Å². The van der Waals surface area contributed by atoms with Crippen LogP contribution < -0.4 is 5.32 Å². The maximum Gasteiger partial charge on any atom is 0.407 e. The van der Waals surface area contributed by atoms with E-state index in [4.69, 9.17) is 4.74 Å². The maximum absolute atomic E-state index is 11.6. The van der Waals surface area contributed by atoms with Crippen molar-refractivity contribution in [3.63, 3.8) is 0 Å². The minimum atomic E-state index is -0.606. The molecule has 1 heterocycles. The number of nitrogens with zero attached hydrogens (tertiary/aromatic N) is 3. The summed E-state index contributed by atoms with van der Waals surface area (Å²) in [5, 5.41) is 17.2. The first-order valence-corrected chi connectivity index (χ1v) is 6.18. The van der Waals surface area contributed by atoms with E-state index < -0.39 is 22.2 Å². The van der Waals surface area contributed by atoms with E-state index in [2.05, 4.69) is 10.4 Å². The van der Waals surface area contributed by atoms with Crippen molar-refractivity contribution in [2.24, 2.45) is 0 Å². The summed E-state index contributed by atoms with van der Waals surface area (Å²) in [7, 11) is 0. The topological polar surface area (TPSA) is 99.3 Å². The van der Waals surface area contributed by atoms with Gasteiger partial charge in [0.1, 0.15) is 18.0 Å². The number of nitro groups is 1. The fraction of sp³-hybridized carbons (Fsp3) is 0.667. The zero-order valence-corrected chi connectivity index (χ0v) is 12.3. The highest BCUT2D eigenvalue weighted by Crippen LogP contribution is 2.17. The minimum Gasteiger partial charge on any atom is -0.444 e. The summed E-state index contributed by atoms with van der Waals surface area (Å²) < 4.78 is 6.57. The van der Waals surface area contributed by atoms with Gasteiger partial charge in [-0.1, -0.05) is 0 Å². The summed E-state index contributed by atoms with van der Waals surface area (Å²) in [4.78, 5) is 21.7. The van der Waals surface area contributed by atoms with Gasteiger partial charge < -0.3 is 10.1 Å². The van der Waals surface area contributed by atoms with Crippen LogP contribution in [-0.2, 0) is 10.3 Å². The van der Waals surface area contributed by atoms with Crippen molar-refractivity contribution in [2.45, 2.75) is 45.8 Å². The number of alkyl carbamates (subject to hydrolysis) is 1. The van der Waals surface area contributed by atoms with Crippen LogP contribution in [0.2, 0.25) is 0 Å². The molecule has 1 amide bonds. The molecule has 8 nitrogen and oxygen atoms in total. The van der Waals surface area contributed by atoms with Crippen LogP contribution >= 0.6 is 0 Å². The zero-order valence-electron chi connectivity index (χ0n) is 12.3. The summed E-state index contributed by atoms with van der Waals surface area (Å²) >= 11 is 0. The Labute approximate surface area is 117 Å². The third-order valence-corrected chi connectivity index (χ3v) is 2.46. The third-order valence-electron chi connectivity index (χ3n) is 2.46. The molecule has 0 bridgehead atoms. The molecule has 0 unspecified atom stereocenters. The number of nitrogens with one attached hydrogen (secondary N) is 1. The molecule has 0 saturated carbocycles. The van der Waals surface area contributed by atoms with E-state index in [-0.39, 0.29) is 12.2 Å². The number of hydrogen-bond acceptors (Lipinski definition) is 5. The smallest absolute Gasteiger partial charge is 0.407 e. The predicted molar refractivity (Wildman–Crippen MR) is 72.4 cm³/mol. The van der Waals surface area contributed by atoms with E-state index >= 15 is 0 Å². The average molecular weight is 284 g/mol. The van der Waals surface area contributed by atoms with E-state index in [1.54, 1.807) is 34.6 Å². The fourth-order valence-electron chi connectivity index (χ4n) is 1.42. The Balaban J connectivity index is 2.65. The Bertz CT molecular complexity index is 502. The van der Waals surface area contributed by atoms with Gasteiger partial charge in [-0.3, -0.25) is 14.8 Å². The van der Waals surface area contributed by atoms with Gasteiger partial charge in [0.15, 0.2) is 0 Å². The van der Waals surface area contributed by atoms with Crippen LogP contribution in [0, 0.1) is 10.1 Å². The van der Waals surface area contributed by atoms with Gasteiger partial charge >= 0.3 is 11.8 Å². The lowest BCUT2D eigenvalue weighted by molar-refractivity contribution is -0.385. The van der Waals surface area contributed by atoms with Crippen LogP contribution in [0.15, 0.2) is 12.4 Å². The number of ether oxygens (including phenoxy) is 1. The standard InChI is InChI=1S/C12H20N4O4/c1-11(2,3)20-10(17)13-8-12(4,5)15-7-9(6-14-15)16(18)19/h6-7H,8H2,1-5H3,(H,13,17). The van der Waals surface area contributed by atoms with Gasteiger partial charge in [0.25, 0.3) is 0 Å².